The Morgan fingerprint density at radius 2 is 1.90 bits per heavy atom. The maximum absolute atomic E-state index is 12.8. The Kier molecular flexibility index (Phi) is 4.55. The summed E-state index contributed by atoms with van der Waals surface area (Å²) in [5, 5.41) is 13.9. The van der Waals surface area contributed by atoms with Gasteiger partial charge in [-0.1, -0.05) is 23.7 Å². The van der Waals surface area contributed by atoms with Gasteiger partial charge in [0.2, 0.25) is 0 Å². The number of hydrogen-bond acceptors (Lipinski definition) is 3. The van der Waals surface area contributed by atoms with Crippen molar-refractivity contribution < 1.29 is 14.3 Å². The molecule has 2 aromatic rings. The Morgan fingerprint density at radius 1 is 1.24 bits per heavy atom. The molecule has 0 aromatic heterocycles. The quantitative estimate of drug-likeness (QED) is 0.675. The zero-order chi connectivity index (χ0) is 15.4. The Balaban J connectivity index is 2.14. The number of benzene rings is 2. The van der Waals surface area contributed by atoms with E-state index in [9.17, 15) is 14.3 Å². The predicted octanol–water partition coefficient (Wildman–Crippen LogP) is 3.34. The van der Waals surface area contributed by atoms with Crippen LogP contribution in [0.5, 0.6) is 5.75 Å². The molecule has 0 saturated carbocycles. The number of rotatable bonds is 3. The molecule has 6 heteroatoms. The number of carbonyl (C=O) groups excluding carboxylic acids is 1. The number of nitrogens with one attached hydrogen (secondary N) is 1. The van der Waals surface area contributed by atoms with Gasteiger partial charge in [-0.25, -0.2) is 9.82 Å². The molecule has 0 saturated heterocycles. The summed E-state index contributed by atoms with van der Waals surface area (Å²) in [4.78, 5) is 11.9. The van der Waals surface area contributed by atoms with Crippen LogP contribution in [0.1, 0.15) is 22.8 Å². The van der Waals surface area contributed by atoms with Gasteiger partial charge < -0.3 is 5.11 Å². The third-order valence-corrected chi connectivity index (χ3v) is 3.03. The average Bonchev–Trinajstić information content (AvgIpc) is 2.47. The molecular formula is C15H12ClFN2O2. The minimum Gasteiger partial charge on any atom is -0.507 e. The fraction of sp³-hybridized carbons (Fsp3) is 0.0667. The van der Waals surface area contributed by atoms with Crippen LogP contribution in [-0.2, 0) is 0 Å². The molecule has 0 aliphatic rings. The Morgan fingerprint density at radius 3 is 2.57 bits per heavy atom. The van der Waals surface area contributed by atoms with Gasteiger partial charge in [0.1, 0.15) is 11.6 Å². The van der Waals surface area contributed by atoms with Crippen molar-refractivity contribution in [2.24, 2.45) is 5.10 Å². The lowest BCUT2D eigenvalue weighted by Crippen LogP contribution is -2.19. The number of phenolic OH excluding ortho intramolecular Hbond substituents is 1. The minimum atomic E-state index is -0.587. The van der Waals surface area contributed by atoms with E-state index in [4.69, 9.17) is 11.6 Å². The normalized spacial score (nSPS) is 11.3. The van der Waals surface area contributed by atoms with Crippen LogP contribution >= 0.6 is 11.6 Å². The third kappa shape index (κ3) is 3.79. The molecule has 2 rings (SSSR count). The van der Waals surface area contributed by atoms with Gasteiger partial charge in [-0.2, -0.15) is 5.10 Å². The highest BCUT2D eigenvalue weighted by Gasteiger charge is 2.11. The number of amides is 1. The molecule has 2 aromatic carbocycles. The summed E-state index contributed by atoms with van der Waals surface area (Å²) in [6.45, 7) is 1.67. The van der Waals surface area contributed by atoms with Crippen LogP contribution in [0.4, 0.5) is 4.39 Å². The molecule has 1 amide bonds. The molecule has 0 fully saturated rings. The van der Waals surface area contributed by atoms with Crippen molar-refractivity contribution in [2.75, 3.05) is 0 Å². The highest BCUT2D eigenvalue weighted by atomic mass is 35.5. The first kappa shape index (κ1) is 15.0. The molecule has 2 N–H and O–H groups in total. The SMILES string of the molecule is C/C(=N/NC(=O)c1cc(Cl)ccc1O)c1ccc(F)cc1. The molecule has 0 aliphatic carbocycles. The van der Waals surface area contributed by atoms with Gasteiger partial charge in [-0.15, -0.1) is 0 Å². The fourth-order valence-corrected chi connectivity index (χ4v) is 1.81. The van der Waals surface area contributed by atoms with Gasteiger partial charge in [0.25, 0.3) is 5.91 Å². The van der Waals surface area contributed by atoms with Crippen LogP contribution in [-0.4, -0.2) is 16.7 Å². The van der Waals surface area contributed by atoms with Crippen molar-refractivity contribution in [3.63, 3.8) is 0 Å². The molecule has 21 heavy (non-hydrogen) atoms. The summed E-state index contributed by atoms with van der Waals surface area (Å²) in [6, 6.07) is 9.86. The Bertz CT molecular complexity index is 699. The monoisotopic (exact) mass is 306 g/mol. The van der Waals surface area contributed by atoms with Crippen LogP contribution < -0.4 is 5.43 Å². The first-order valence-corrected chi connectivity index (χ1v) is 6.44. The predicted molar refractivity (Wildman–Crippen MR) is 79.2 cm³/mol. The van der Waals surface area contributed by atoms with Crippen LogP contribution in [0.15, 0.2) is 47.6 Å². The lowest BCUT2D eigenvalue weighted by molar-refractivity contribution is 0.0952. The van der Waals surface area contributed by atoms with Crippen molar-refractivity contribution in [1.29, 1.82) is 0 Å². The van der Waals surface area contributed by atoms with Crippen molar-refractivity contribution in [3.8, 4) is 5.75 Å². The molecule has 0 heterocycles. The van der Waals surface area contributed by atoms with Gasteiger partial charge in [-0.05, 0) is 42.8 Å². The molecule has 0 radical (unpaired) electrons. The Hall–Kier alpha value is -2.40. The van der Waals surface area contributed by atoms with E-state index in [2.05, 4.69) is 10.5 Å². The number of aromatic hydroxyl groups is 1. The first-order chi connectivity index (χ1) is 9.97. The first-order valence-electron chi connectivity index (χ1n) is 6.06. The number of nitrogens with zero attached hydrogens (tertiary/aromatic N) is 1. The minimum absolute atomic E-state index is 0.0261. The number of hydrogen-bond donors (Lipinski definition) is 2. The van der Waals surface area contributed by atoms with Crippen molar-refractivity contribution >= 4 is 23.2 Å². The van der Waals surface area contributed by atoms with E-state index in [1.54, 1.807) is 19.1 Å². The van der Waals surface area contributed by atoms with E-state index in [0.717, 1.165) is 0 Å². The highest BCUT2D eigenvalue weighted by molar-refractivity contribution is 6.31. The maximum atomic E-state index is 12.8. The van der Waals surface area contributed by atoms with Crippen LogP contribution in [0, 0.1) is 5.82 Å². The zero-order valence-corrected chi connectivity index (χ0v) is 11.9. The van der Waals surface area contributed by atoms with E-state index in [1.165, 1.54) is 30.3 Å². The molecule has 0 unspecified atom stereocenters. The summed E-state index contributed by atoms with van der Waals surface area (Å²) >= 11 is 5.77. The summed E-state index contributed by atoms with van der Waals surface area (Å²) in [5.74, 6) is -1.12. The average molecular weight is 307 g/mol. The molecule has 4 nitrogen and oxygen atoms in total. The second-order valence-electron chi connectivity index (χ2n) is 4.31. The number of hydrazone groups is 1. The van der Waals surface area contributed by atoms with E-state index in [-0.39, 0.29) is 17.1 Å². The van der Waals surface area contributed by atoms with E-state index in [0.29, 0.717) is 16.3 Å². The number of phenols is 1. The molecule has 0 aliphatic heterocycles. The van der Waals surface area contributed by atoms with Gasteiger partial charge in [-0.3, -0.25) is 4.79 Å². The highest BCUT2D eigenvalue weighted by Crippen LogP contribution is 2.21. The zero-order valence-electron chi connectivity index (χ0n) is 11.1. The number of halogens is 2. The Labute approximate surface area is 125 Å². The van der Waals surface area contributed by atoms with E-state index < -0.39 is 5.91 Å². The topological polar surface area (TPSA) is 61.7 Å². The van der Waals surface area contributed by atoms with Crippen molar-refractivity contribution in [2.45, 2.75) is 6.92 Å². The smallest absolute Gasteiger partial charge is 0.275 e. The van der Waals surface area contributed by atoms with Gasteiger partial charge >= 0.3 is 0 Å². The molecule has 0 atom stereocenters. The molecular weight excluding hydrogens is 295 g/mol. The molecule has 0 bridgehead atoms. The van der Waals surface area contributed by atoms with Crippen molar-refractivity contribution in [3.05, 3.63) is 64.4 Å². The van der Waals surface area contributed by atoms with Crippen LogP contribution in [0.3, 0.4) is 0 Å². The summed E-state index contributed by atoms with van der Waals surface area (Å²) < 4.78 is 12.8. The van der Waals surface area contributed by atoms with Gasteiger partial charge in [0.15, 0.2) is 0 Å². The third-order valence-electron chi connectivity index (χ3n) is 2.79. The largest absolute Gasteiger partial charge is 0.507 e. The number of carbonyl (C=O) groups is 1. The van der Waals surface area contributed by atoms with Gasteiger partial charge in [0.05, 0.1) is 11.3 Å². The summed E-state index contributed by atoms with van der Waals surface area (Å²) in [7, 11) is 0. The van der Waals surface area contributed by atoms with Gasteiger partial charge in [0, 0.05) is 5.02 Å². The molecule has 0 spiro atoms. The lowest BCUT2D eigenvalue weighted by atomic mass is 10.1. The maximum Gasteiger partial charge on any atom is 0.275 e. The second-order valence-corrected chi connectivity index (χ2v) is 4.74. The van der Waals surface area contributed by atoms with Crippen molar-refractivity contribution in [1.82, 2.24) is 5.43 Å². The summed E-state index contributed by atoms with van der Waals surface area (Å²) in [6.07, 6.45) is 0. The van der Waals surface area contributed by atoms with E-state index in [1.807, 2.05) is 0 Å². The standard InChI is InChI=1S/C15H12ClFN2O2/c1-9(10-2-5-12(17)6-3-10)18-19-15(21)13-8-11(16)4-7-14(13)20/h2-8,20H,1H3,(H,19,21)/b18-9-. The fourth-order valence-electron chi connectivity index (χ4n) is 1.64. The molecule has 108 valence electrons. The van der Waals surface area contributed by atoms with Crippen LogP contribution in [0.25, 0.3) is 0 Å². The van der Waals surface area contributed by atoms with Crippen LogP contribution in [0.2, 0.25) is 5.02 Å². The lowest BCUT2D eigenvalue weighted by Gasteiger charge is -2.05. The second kappa shape index (κ2) is 6.37. The van der Waals surface area contributed by atoms with E-state index >= 15 is 0 Å². The summed E-state index contributed by atoms with van der Waals surface area (Å²) in [5.41, 5.74) is 3.52.